The molecule has 3 N–H and O–H groups in total. The van der Waals surface area contributed by atoms with Gasteiger partial charge >= 0.3 is 0 Å². The van der Waals surface area contributed by atoms with E-state index in [2.05, 4.69) is 27.5 Å². The quantitative estimate of drug-likeness (QED) is 0.326. The summed E-state index contributed by atoms with van der Waals surface area (Å²) in [5.41, 5.74) is 2.56. The second-order valence-electron chi connectivity index (χ2n) is 5.84. The summed E-state index contributed by atoms with van der Waals surface area (Å²) in [7, 11) is 0. The second-order valence-corrected chi connectivity index (χ2v) is 5.84. The number of rotatable bonds is 4. The molecule has 140 valence electrons. The Balaban J connectivity index is 0.00000261. The van der Waals surface area contributed by atoms with Crippen molar-refractivity contribution in [3.8, 4) is 11.8 Å². The third-order valence-corrected chi connectivity index (χ3v) is 4.01. The van der Waals surface area contributed by atoms with Gasteiger partial charge in [-0.25, -0.2) is 4.39 Å². The van der Waals surface area contributed by atoms with E-state index in [-0.39, 0.29) is 29.7 Å². The van der Waals surface area contributed by atoms with Gasteiger partial charge in [-0.3, -0.25) is 9.59 Å². The van der Waals surface area contributed by atoms with Crippen LogP contribution in [0, 0.1) is 17.7 Å². The number of H-pyrrole nitrogens is 1. The number of carbonyl (C=O) groups is 2. The van der Waals surface area contributed by atoms with Crippen molar-refractivity contribution in [2.75, 3.05) is 18.4 Å². The number of ketones is 1. The van der Waals surface area contributed by atoms with Crippen molar-refractivity contribution in [3.63, 3.8) is 0 Å². The third kappa shape index (κ3) is 4.27. The highest BCUT2D eigenvalue weighted by Gasteiger charge is 2.28. The summed E-state index contributed by atoms with van der Waals surface area (Å²) in [6, 6.07) is 4.47. The first kappa shape index (κ1) is 20.4. The molecule has 1 aromatic carbocycles. The van der Waals surface area contributed by atoms with Gasteiger partial charge < -0.3 is 15.6 Å². The number of hydrogen-bond donors (Lipinski definition) is 3. The predicted octanol–water partition coefficient (Wildman–Crippen LogP) is 3.23. The van der Waals surface area contributed by atoms with Crippen LogP contribution in [-0.2, 0) is 4.79 Å². The molecule has 1 aliphatic heterocycles. The van der Waals surface area contributed by atoms with Gasteiger partial charge in [0.1, 0.15) is 5.82 Å². The number of nitrogens with one attached hydrogen (secondary N) is 3. The molecule has 0 bridgehead atoms. The number of aromatic amines is 1. The molecule has 3 rings (SSSR count). The summed E-state index contributed by atoms with van der Waals surface area (Å²) < 4.78 is 14.4. The molecule has 0 atom stereocenters. The van der Waals surface area contributed by atoms with Gasteiger partial charge in [0.05, 0.1) is 23.4 Å². The van der Waals surface area contributed by atoms with Crippen LogP contribution < -0.4 is 10.6 Å². The number of carbonyl (C=O) groups excluding carboxylic acids is 2. The fourth-order valence-electron chi connectivity index (χ4n) is 2.70. The van der Waals surface area contributed by atoms with E-state index in [0.29, 0.717) is 34.6 Å². The molecular weight excluding hydrogens is 369 g/mol. The maximum absolute atomic E-state index is 14.4. The summed E-state index contributed by atoms with van der Waals surface area (Å²) in [5, 5.41) is 5.78. The maximum Gasteiger partial charge on any atom is 0.256 e. The van der Waals surface area contributed by atoms with Crippen molar-refractivity contribution in [1.29, 1.82) is 0 Å². The Hall–Kier alpha value is -2.88. The summed E-state index contributed by atoms with van der Waals surface area (Å²) in [5.74, 6) is 4.80. The van der Waals surface area contributed by atoms with Gasteiger partial charge in [-0.1, -0.05) is 18.8 Å². The fourth-order valence-corrected chi connectivity index (χ4v) is 2.70. The molecular formula is C20H19ClFN3O2. The number of fused-ring (bicyclic) bond motifs is 1. The monoisotopic (exact) mass is 387 g/mol. The van der Waals surface area contributed by atoms with Gasteiger partial charge in [0.2, 0.25) is 0 Å². The maximum atomic E-state index is 14.4. The van der Waals surface area contributed by atoms with E-state index in [1.54, 1.807) is 18.3 Å². The number of aromatic nitrogens is 1. The van der Waals surface area contributed by atoms with Gasteiger partial charge in [0, 0.05) is 23.0 Å². The van der Waals surface area contributed by atoms with Gasteiger partial charge in [-0.15, -0.1) is 12.4 Å². The predicted molar refractivity (Wildman–Crippen MR) is 106 cm³/mol. The molecule has 0 unspecified atom stereocenters. The van der Waals surface area contributed by atoms with Crippen LogP contribution in [0.3, 0.4) is 0 Å². The standard InChI is InChI=1S/C20H18FN3O2.ClH/c1-3-22-8-4-5-15-17(21)6-7-18-19(15)16(20(26)24-18)10-14-9-13(11-23-14)12(2)25;/h6-7,9-11,22-23H,3,8H2,1-2H3,(H,24,26);1H/b16-10-;. The lowest BCUT2D eigenvalue weighted by atomic mass is 9.99. The van der Waals surface area contributed by atoms with Crippen LogP contribution in [0.1, 0.15) is 41.0 Å². The Bertz CT molecular complexity index is 983. The Kier molecular flexibility index (Phi) is 6.56. The highest BCUT2D eigenvalue weighted by Crippen LogP contribution is 2.36. The molecule has 27 heavy (non-hydrogen) atoms. The van der Waals surface area contributed by atoms with Gasteiger partial charge in [0.25, 0.3) is 5.91 Å². The van der Waals surface area contributed by atoms with Crippen molar-refractivity contribution in [2.45, 2.75) is 13.8 Å². The zero-order valence-electron chi connectivity index (χ0n) is 14.9. The molecule has 1 aromatic heterocycles. The van der Waals surface area contributed by atoms with Crippen LogP contribution in [0.15, 0.2) is 24.4 Å². The number of amides is 1. The van der Waals surface area contributed by atoms with Crippen LogP contribution in [0.5, 0.6) is 0 Å². The highest BCUT2D eigenvalue weighted by molar-refractivity contribution is 6.35. The molecule has 1 aliphatic rings. The van der Waals surface area contributed by atoms with Crippen LogP contribution in [0.4, 0.5) is 10.1 Å². The summed E-state index contributed by atoms with van der Waals surface area (Å²) in [6.45, 7) is 4.61. The zero-order chi connectivity index (χ0) is 18.7. The molecule has 0 saturated carbocycles. The van der Waals surface area contributed by atoms with Crippen molar-refractivity contribution < 1.29 is 14.0 Å². The number of anilines is 1. The van der Waals surface area contributed by atoms with Crippen LogP contribution in [0.25, 0.3) is 11.6 Å². The molecule has 2 aromatic rings. The average molecular weight is 388 g/mol. The van der Waals surface area contributed by atoms with Gasteiger partial charge in [-0.05, 0) is 37.7 Å². The molecule has 1 amide bonds. The molecule has 7 heteroatoms. The Labute approximate surface area is 162 Å². The second kappa shape index (κ2) is 8.67. The van der Waals surface area contributed by atoms with E-state index < -0.39 is 5.82 Å². The van der Waals surface area contributed by atoms with Crippen LogP contribution in [0.2, 0.25) is 0 Å². The Morgan fingerprint density at radius 2 is 2.15 bits per heavy atom. The fraction of sp³-hybridized carbons (Fsp3) is 0.200. The molecule has 2 heterocycles. The Morgan fingerprint density at radius 1 is 1.37 bits per heavy atom. The van der Waals surface area contributed by atoms with Crippen molar-refractivity contribution in [2.24, 2.45) is 0 Å². The summed E-state index contributed by atoms with van der Waals surface area (Å²) in [6.07, 6.45) is 3.17. The zero-order valence-corrected chi connectivity index (χ0v) is 15.7. The van der Waals surface area contributed by atoms with E-state index in [4.69, 9.17) is 0 Å². The lowest BCUT2D eigenvalue weighted by Gasteiger charge is -2.04. The van der Waals surface area contributed by atoms with Gasteiger partial charge in [-0.2, -0.15) is 0 Å². The van der Waals surface area contributed by atoms with Gasteiger partial charge in [0.15, 0.2) is 5.78 Å². The third-order valence-electron chi connectivity index (χ3n) is 4.01. The first-order valence-electron chi connectivity index (χ1n) is 8.26. The van der Waals surface area contributed by atoms with Crippen LogP contribution >= 0.6 is 12.4 Å². The van der Waals surface area contributed by atoms with Crippen molar-refractivity contribution in [3.05, 3.63) is 52.6 Å². The van der Waals surface area contributed by atoms with E-state index >= 15 is 0 Å². The minimum atomic E-state index is -0.481. The van der Waals surface area contributed by atoms with E-state index in [0.717, 1.165) is 6.54 Å². The minimum absolute atomic E-state index is 0. The lowest BCUT2D eigenvalue weighted by molar-refractivity contribution is -0.110. The largest absolute Gasteiger partial charge is 0.361 e. The molecule has 5 nitrogen and oxygen atoms in total. The molecule has 0 spiro atoms. The minimum Gasteiger partial charge on any atom is -0.361 e. The number of Topliss-reactive ketones (excluding diaryl/α,β-unsaturated/α-hetero) is 1. The molecule has 0 fully saturated rings. The molecule has 0 radical (unpaired) electrons. The number of hydrogen-bond acceptors (Lipinski definition) is 3. The first-order valence-corrected chi connectivity index (χ1v) is 8.26. The summed E-state index contributed by atoms with van der Waals surface area (Å²) >= 11 is 0. The normalized spacial score (nSPS) is 13.4. The van der Waals surface area contributed by atoms with E-state index in [1.807, 2.05) is 6.92 Å². The van der Waals surface area contributed by atoms with E-state index in [1.165, 1.54) is 19.1 Å². The highest BCUT2D eigenvalue weighted by atomic mass is 35.5. The number of halogens is 2. The Morgan fingerprint density at radius 3 is 2.81 bits per heavy atom. The lowest BCUT2D eigenvalue weighted by Crippen LogP contribution is -2.12. The number of benzene rings is 1. The van der Waals surface area contributed by atoms with E-state index in [9.17, 15) is 14.0 Å². The first-order chi connectivity index (χ1) is 12.5. The molecule has 0 aliphatic carbocycles. The summed E-state index contributed by atoms with van der Waals surface area (Å²) in [4.78, 5) is 26.8. The van der Waals surface area contributed by atoms with Crippen LogP contribution in [-0.4, -0.2) is 29.8 Å². The van der Waals surface area contributed by atoms with Crippen molar-refractivity contribution in [1.82, 2.24) is 10.3 Å². The smallest absolute Gasteiger partial charge is 0.256 e. The topological polar surface area (TPSA) is 74.0 Å². The molecule has 0 saturated heterocycles. The SMILES string of the molecule is CCNCC#Cc1c(F)ccc2c1/C(=C/c1cc(C(C)=O)c[nH]1)C(=O)N2.Cl. The van der Waals surface area contributed by atoms with Crippen molar-refractivity contribution >= 4 is 41.4 Å². The average Bonchev–Trinajstić information content (AvgIpc) is 3.19.